The van der Waals surface area contributed by atoms with Crippen LogP contribution < -0.4 is 10.6 Å². The summed E-state index contributed by atoms with van der Waals surface area (Å²) in [5, 5.41) is 15.4. The fourth-order valence-corrected chi connectivity index (χ4v) is 3.46. The van der Waals surface area contributed by atoms with Gasteiger partial charge in [0.15, 0.2) is 0 Å². The number of amides is 2. The predicted octanol–water partition coefficient (Wildman–Crippen LogP) is 3.24. The second kappa shape index (κ2) is 9.74. The highest BCUT2D eigenvalue weighted by molar-refractivity contribution is 6.30. The first-order valence-corrected chi connectivity index (χ1v) is 9.73. The molecule has 1 aliphatic carbocycles. The number of hydrogen-bond donors (Lipinski definition) is 3. The Bertz CT molecular complexity index is 667. The Morgan fingerprint density at radius 3 is 2.22 bits per heavy atom. The van der Waals surface area contributed by atoms with E-state index in [1.165, 1.54) is 0 Å². The molecular weight excluding hydrogens is 368 g/mol. The molecule has 3 N–H and O–H groups in total. The minimum atomic E-state index is -0.771. The van der Waals surface area contributed by atoms with E-state index in [1.807, 2.05) is 13.8 Å². The molecule has 0 spiro atoms. The summed E-state index contributed by atoms with van der Waals surface area (Å²) in [6.45, 7) is 3.99. The number of carboxylic acids is 1. The fourth-order valence-electron chi connectivity index (χ4n) is 3.33. The second-order valence-electron chi connectivity index (χ2n) is 7.56. The van der Waals surface area contributed by atoms with Gasteiger partial charge in [-0.05, 0) is 62.3 Å². The number of rotatable bonds is 7. The maximum absolute atomic E-state index is 12.7. The molecule has 1 fully saturated rings. The summed E-state index contributed by atoms with van der Waals surface area (Å²) in [6, 6.07) is 5.83. The molecule has 0 aromatic heterocycles. The summed E-state index contributed by atoms with van der Waals surface area (Å²) in [5.41, 5.74) is 0.447. The van der Waals surface area contributed by atoms with E-state index in [9.17, 15) is 14.4 Å². The number of hydrogen-bond acceptors (Lipinski definition) is 3. The van der Waals surface area contributed by atoms with Gasteiger partial charge >= 0.3 is 5.97 Å². The number of carbonyl (C=O) groups excluding carboxylic acids is 2. The average Bonchev–Trinajstić information content (AvgIpc) is 2.61. The molecule has 27 heavy (non-hydrogen) atoms. The molecule has 1 unspecified atom stereocenters. The number of nitrogens with one attached hydrogen (secondary N) is 2. The van der Waals surface area contributed by atoms with Crippen LogP contribution in [0, 0.1) is 11.8 Å². The first-order chi connectivity index (χ1) is 12.8. The third-order valence-corrected chi connectivity index (χ3v) is 5.11. The Hall–Kier alpha value is -2.08. The zero-order valence-electron chi connectivity index (χ0n) is 15.7. The molecule has 6 nitrogen and oxygen atoms in total. The number of aliphatic carboxylic acids is 1. The van der Waals surface area contributed by atoms with Crippen LogP contribution in [0.5, 0.6) is 0 Å². The minimum Gasteiger partial charge on any atom is -0.481 e. The highest BCUT2D eigenvalue weighted by atomic mass is 35.5. The number of halogens is 1. The Kier molecular flexibility index (Phi) is 7.66. The third kappa shape index (κ3) is 6.54. The molecule has 0 aliphatic heterocycles. The van der Waals surface area contributed by atoms with E-state index in [0.29, 0.717) is 42.7 Å². The molecule has 1 saturated carbocycles. The monoisotopic (exact) mass is 394 g/mol. The van der Waals surface area contributed by atoms with Gasteiger partial charge in [0.2, 0.25) is 5.91 Å². The van der Waals surface area contributed by atoms with Crippen molar-refractivity contribution < 1.29 is 19.5 Å². The highest BCUT2D eigenvalue weighted by Crippen LogP contribution is 2.24. The lowest BCUT2D eigenvalue weighted by Crippen LogP contribution is -2.51. The second-order valence-corrected chi connectivity index (χ2v) is 7.99. The highest BCUT2D eigenvalue weighted by Gasteiger charge is 2.29. The molecule has 0 bridgehead atoms. The van der Waals surface area contributed by atoms with Crippen LogP contribution in [0.25, 0.3) is 0 Å². The molecule has 0 heterocycles. The third-order valence-electron chi connectivity index (χ3n) is 4.86. The zero-order chi connectivity index (χ0) is 20.0. The summed E-state index contributed by atoms with van der Waals surface area (Å²) in [7, 11) is 0. The zero-order valence-corrected chi connectivity index (χ0v) is 16.5. The minimum absolute atomic E-state index is 0.0461. The first-order valence-electron chi connectivity index (χ1n) is 9.36. The molecular formula is C20H27ClN2O4. The largest absolute Gasteiger partial charge is 0.481 e. The number of carboxylic acid groups (broad SMARTS) is 1. The summed E-state index contributed by atoms with van der Waals surface area (Å²) in [4.78, 5) is 36.2. The molecule has 148 valence electrons. The quantitative estimate of drug-likeness (QED) is 0.661. The van der Waals surface area contributed by atoms with Crippen LogP contribution in [-0.4, -0.2) is 35.0 Å². The van der Waals surface area contributed by atoms with Gasteiger partial charge in [0.1, 0.15) is 6.04 Å². The van der Waals surface area contributed by atoms with Gasteiger partial charge in [-0.3, -0.25) is 14.4 Å². The van der Waals surface area contributed by atoms with Crippen molar-refractivity contribution in [1.82, 2.24) is 10.6 Å². The summed E-state index contributed by atoms with van der Waals surface area (Å²) in [6.07, 6.45) is 2.93. The van der Waals surface area contributed by atoms with Crippen LogP contribution in [0.15, 0.2) is 24.3 Å². The molecule has 1 aromatic rings. The summed E-state index contributed by atoms with van der Waals surface area (Å²) in [5.74, 6) is -1.40. The van der Waals surface area contributed by atoms with Gasteiger partial charge in [-0.2, -0.15) is 0 Å². The topological polar surface area (TPSA) is 95.5 Å². The van der Waals surface area contributed by atoms with Crippen LogP contribution in [0.1, 0.15) is 56.3 Å². The van der Waals surface area contributed by atoms with Crippen molar-refractivity contribution in [2.45, 2.75) is 58.0 Å². The lowest BCUT2D eigenvalue weighted by atomic mass is 9.86. The van der Waals surface area contributed by atoms with Gasteiger partial charge in [0.05, 0.1) is 5.92 Å². The van der Waals surface area contributed by atoms with E-state index in [2.05, 4.69) is 10.6 Å². The van der Waals surface area contributed by atoms with E-state index in [1.54, 1.807) is 24.3 Å². The van der Waals surface area contributed by atoms with Gasteiger partial charge in [-0.1, -0.05) is 25.4 Å². The normalized spacial score (nSPS) is 20.7. The van der Waals surface area contributed by atoms with E-state index >= 15 is 0 Å². The van der Waals surface area contributed by atoms with Crippen LogP contribution >= 0.6 is 11.6 Å². The lowest BCUT2D eigenvalue weighted by Gasteiger charge is -2.29. The van der Waals surface area contributed by atoms with E-state index in [4.69, 9.17) is 16.7 Å². The van der Waals surface area contributed by atoms with Crippen LogP contribution in [0.4, 0.5) is 0 Å². The Labute approximate surface area is 164 Å². The smallest absolute Gasteiger partial charge is 0.306 e. The molecule has 2 amide bonds. The molecule has 1 aliphatic rings. The van der Waals surface area contributed by atoms with Crippen molar-refractivity contribution in [3.63, 3.8) is 0 Å². The summed E-state index contributed by atoms with van der Waals surface area (Å²) < 4.78 is 0. The van der Waals surface area contributed by atoms with Crippen LogP contribution in [0.3, 0.4) is 0 Å². The van der Waals surface area contributed by atoms with E-state index < -0.39 is 12.0 Å². The maximum Gasteiger partial charge on any atom is 0.306 e. The van der Waals surface area contributed by atoms with Crippen molar-refractivity contribution in [3.05, 3.63) is 34.9 Å². The van der Waals surface area contributed by atoms with Gasteiger partial charge in [-0.15, -0.1) is 0 Å². The SMILES string of the molecule is CC(C)CC(NC(=O)c1ccc(Cl)cc1)C(=O)NC1CCC(C(=O)O)CC1. The molecule has 1 aromatic carbocycles. The van der Waals surface area contributed by atoms with Crippen molar-refractivity contribution in [3.8, 4) is 0 Å². The Morgan fingerprint density at radius 1 is 1.11 bits per heavy atom. The van der Waals surface area contributed by atoms with Crippen LogP contribution in [-0.2, 0) is 9.59 Å². The van der Waals surface area contributed by atoms with E-state index in [0.717, 1.165) is 0 Å². The van der Waals surface area contributed by atoms with E-state index in [-0.39, 0.29) is 29.7 Å². The van der Waals surface area contributed by atoms with Crippen molar-refractivity contribution in [2.75, 3.05) is 0 Å². The summed E-state index contributed by atoms with van der Waals surface area (Å²) >= 11 is 5.85. The van der Waals surface area contributed by atoms with Crippen molar-refractivity contribution in [1.29, 1.82) is 0 Å². The van der Waals surface area contributed by atoms with Crippen LogP contribution in [0.2, 0.25) is 5.02 Å². The van der Waals surface area contributed by atoms with Gasteiger partial charge < -0.3 is 15.7 Å². The molecule has 2 rings (SSSR count). The standard InChI is InChI=1S/C20H27ClN2O4/c1-12(2)11-17(23-18(24)13-3-7-15(21)8-4-13)19(25)22-16-9-5-14(6-10-16)20(26)27/h3-4,7-8,12,14,16-17H,5-6,9-11H2,1-2H3,(H,22,25)(H,23,24)(H,26,27). The molecule has 0 radical (unpaired) electrons. The first kappa shape index (κ1) is 21.2. The maximum atomic E-state index is 12.7. The Balaban J connectivity index is 1.96. The number of carbonyl (C=O) groups is 3. The van der Waals surface area contributed by atoms with Gasteiger partial charge in [0, 0.05) is 16.6 Å². The van der Waals surface area contributed by atoms with Gasteiger partial charge in [0.25, 0.3) is 5.91 Å². The molecule has 7 heteroatoms. The fraction of sp³-hybridized carbons (Fsp3) is 0.550. The molecule has 1 atom stereocenters. The van der Waals surface area contributed by atoms with Crippen molar-refractivity contribution in [2.24, 2.45) is 11.8 Å². The average molecular weight is 395 g/mol. The van der Waals surface area contributed by atoms with Gasteiger partial charge in [-0.25, -0.2) is 0 Å². The lowest BCUT2D eigenvalue weighted by molar-refractivity contribution is -0.142. The number of benzene rings is 1. The molecule has 0 saturated heterocycles. The van der Waals surface area contributed by atoms with Crippen molar-refractivity contribution >= 4 is 29.4 Å². The Morgan fingerprint density at radius 2 is 1.70 bits per heavy atom. The predicted molar refractivity (Wildman–Crippen MR) is 104 cm³/mol.